The summed E-state index contributed by atoms with van der Waals surface area (Å²) in [6, 6.07) is 26.3. The summed E-state index contributed by atoms with van der Waals surface area (Å²) in [4.78, 5) is 0. The van der Waals surface area contributed by atoms with Crippen LogP contribution in [0.1, 0.15) is 71.8 Å². The Balaban J connectivity index is 1.52. The van der Waals surface area contributed by atoms with Crippen molar-refractivity contribution in [2.24, 2.45) is 0 Å². The predicted molar refractivity (Wildman–Crippen MR) is 216 cm³/mol. The Labute approximate surface area is 329 Å². The van der Waals surface area contributed by atoms with E-state index in [0.29, 0.717) is 11.2 Å². The van der Waals surface area contributed by atoms with E-state index in [1.54, 1.807) is 19.0 Å². The van der Waals surface area contributed by atoms with Crippen LogP contribution in [0.15, 0.2) is 109 Å². The number of fused-ring (bicyclic) bond motifs is 4. The normalized spacial score (nSPS) is 21.8. The van der Waals surface area contributed by atoms with Gasteiger partial charge in [-0.25, -0.2) is 0 Å². The highest BCUT2D eigenvalue weighted by atomic mass is 28.4. The summed E-state index contributed by atoms with van der Waals surface area (Å²) < 4.78 is 180. The molecule has 0 bridgehead atoms. The highest BCUT2D eigenvalue weighted by molar-refractivity contribution is 6.86. The minimum Gasteiger partial charge on any atom is -0.556 e. The fourth-order valence-corrected chi connectivity index (χ4v) is 9.37. The molecule has 6 aromatic carbocycles. The number of para-hydroxylation sites is 4. The van der Waals surface area contributed by atoms with Gasteiger partial charge in [-0.3, -0.25) is 0 Å². The molecule has 0 aliphatic carbocycles. The number of hydrogen-bond acceptors (Lipinski definition) is 3. The molecule has 0 saturated heterocycles. The third-order valence-corrected chi connectivity index (χ3v) is 12.3. The first kappa shape index (κ1) is 18.5. The van der Waals surface area contributed by atoms with Crippen molar-refractivity contribution in [2.75, 3.05) is 0 Å². The average Bonchev–Trinajstić information content (AvgIpc) is 3.21. The van der Waals surface area contributed by atoms with Gasteiger partial charge in [0.15, 0.2) is 0 Å². The van der Waals surface area contributed by atoms with Crippen molar-refractivity contribution < 1.29 is 38.5 Å². The zero-order valence-electron chi connectivity index (χ0n) is 46.2. The van der Waals surface area contributed by atoms with Crippen LogP contribution in [0, 0.1) is 27.4 Å². The molecule has 0 fully saturated rings. The molecule has 0 unspecified atom stereocenters. The van der Waals surface area contributed by atoms with E-state index in [2.05, 4.69) is 0 Å². The first-order chi connectivity index (χ1) is 31.7. The maximum absolute atomic E-state index is 9.16. The van der Waals surface area contributed by atoms with E-state index in [-0.39, 0.29) is 44.9 Å². The van der Waals surface area contributed by atoms with Crippen molar-refractivity contribution in [1.82, 2.24) is 0 Å². The Bertz CT molecular complexity index is 3010. The quantitative estimate of drug-likeness (QED) is 0.172. The number of ether oxygens (including phenoxy) is 1. The fraction of sp³-hybridized carbons (Fsp3) is 0.217. The van der Waals surface area contributed by atoms with E-state index in [9.17, 15) is 0 Å². The fourth-order valence-electron chi connectivity index (χ4n) is 7.29. The average molecular weight is 703 g/mol. The van der Waals surface area contributed by atoms with Crippen molar-refractivity contribution in [2.45, 2.75) is 66.4 Å². The zero-order valence-corrected chi connectivity index (χ0v) is 29.2. The van der Waals surface area contributed by atoms with Crippen LogP contribution in [-0.2, 0) is 5.41 Å². The van der Waals surface area contributed by atoms with Crippen LogP contribution in [0.2, 0.25) is 19.9 Å². The second-order valence-electron chi connectivity index (χ2n) is 13.4. The van der Waals surface area contributed by atoms with Gasteiger partial charge in [-0.2, -0.15) is 0 Å². The van der Waals surface area contributed by atoms with E-state index >= 15 is 0 Å². The Kier molecular flexibility index (Phi) is 4.37. The van der Waals surface area contributed by atoms with Crippen molar-refractivity contribution in [3.8, 4) is 56.4 Å². The molecule has 0 amide bonds. The first-order valence-electron chi connectivity index (χ1n) is 25.6. The summed E-state index contributed by atoms with van der Waals surface area (Å²) in [6.07, 6.45) is 0. The lowest BCUT2D eigenvalue weighted by Crippen LogP contribution is -2.53. The van der Waals surface area contributed by atoms with Crippen molar-refractivity contribution in [3.63, 3.8) is 0 Å². The van der Waals surface area contributed by atoms with Crippen LogP contribution in [0.3, 0.4) is 0 Å². The van der Waals surface area contributed by atoms with Crippen LogP contribution in [0.25, 0.3) is 33.4 Å². The van der Waals surface area contributed by atoms with Gasteiger partial charge in [0.05, 0.1) is 0 Å². The monoisotopic (exact) mass is 702 g/mol. The Hall–Kier alpha value is -5.00. The van der Waals surface area contributed by atoms with Gasteiger partial charge in [-0.15, -0.1) is 0 Å². The Morgan fingerprint density at radius 3 is 1.86 bits per heavy atom. The number of hydrogen-bond donors (Lipinski definition) is 0. The summed E-state index contributed by atoms with van der Waals surface area (Å²) >= 11 is 0. The smallest absolute Gasteiger partial charge is 0.392 e. The van der Waals surface area contributed by atoms with Gasteiger partial charge < -0.3 is 13.8 Å². The van der Waals surface area contributed by atoms with Crippen LogP contribution in [0.5, 0.6) is 23.0 Å². The van der Waals surface area contributed by atoms with Gasteiger partial charge in [0.1, 0.15) is 23.0 Å². The number of rotatable bonds is 3. The van der Waals surface area contributed by atoms with Crippen molar-refractivity contribution >= 4 is 25.9 Å². The summed E-state index contributed by atoms with van der Waals surface area (Å²) in [5.74, 6) is 0.141. The molecular formula is C46H45BO3Si. The zero-order chi connectivity index (χ0) is 50.8. The Morgan fingerprint density at radius 1 is 0.588 bits per heavy atom. The lowest BCUT2D eigenvalue weighted by atomic mass is 9.62. The van der Waals surface area contributed by atoms with Gasteiger partial charge in [-0.1, -0.05) is 111 Å². The van der Waals surface area contributed by atoms with Crippen LogP contribution in [-0.4, -0.2) is 15.2 Å². The van der Waals surface area contributed by atoms with E-state index in [1.165, 1.54) is 60.7 Å². The lowest BCUT2D eigenvalue weighted by Gasteiger charge is -2.35. The van der Waals surface area contributed by atoms with E-state index < -0.39 is 101 Å². The van der Waals surface area contributed by atoms with Crippen LogP contribution >= 0.6 is 0 Å². The molecule has 51 heavy (non-hydrogen) atoms. The minimum absolute atomic E-state index is 0.0756. The number of benzene rings is 6. The van der Waals surface area contributed by atoms with Gasteiger partial charge in [0, 0.05) is 63.0 Å². The lowest BCUT2D eigenvalue weighted by molar-refractivity contribution is 0.419. The van der Waals surface area contributed by atoms with Crippen molar-refractivity contribution in [1.29, 1.82) is 0 Å². The van der Waals surface area contributed by atoms with Crippen molar-refractivity contribution in [3.05, 3.63) is 143 Å². The highest BCUT2D eigenvalue weighted by Crippen LogP contribution is 2.52. The molecule has 2 heterocycles. The molecule has 0 radical (unpaired) electrons. The molecular weight excluding hydrogens is 639 g/mol. The molecule has 0 atom stereocenters. The molecule has 2 aliphatic rings. The van der Waals surface area contributed by atoms with E-state index in [1.807, 2.05) is 37.4 Å². The van der Waals surface area contributed by atoms with Crippen LogP contribution in [0.4, 0.5) is 0 Å². The summed E-state index contributed by atoms with van der Waals surface area (Å²) in [7, 11) is -3.03. The van der Waals surface area contributed by atoms with Gasteiger partial charge >= 0.3 is 6.92 Å². The summed E-state index contributed by atoms with van der Waals surface area (Å²) in [5.41, 5.74) is -6.76. The molecule has 2 aliphatic heterocycles. The molecule has 5 heteroatoms. The van der Waals surface area contributed by atoms with Crippen LogP contribution < -0.4 is 24.5 Å². The maximum Gasteiger partial charge on any atom is 0.392 e. The first-order valence-corrected chi connectivity index (χ1v) is 19.5. The molecule has 0 spiro atoms. The molecule has 3 nitrogen and oxygen atoms in total. The maximum atomic E-state index is 9.16. The second kappa shape index (κ2) is 12.1. The molecule has 254 valence electrons. The summed E-state index contributed by atoms with van der Waals surface area (Å²) in [6.45, 7) is -14.3. The van der Waals surface area contributed by atoms with Gasteiger partial charge in [-0.05, 0) is 104 Å². The standard InChI is InChI=1S/C46H45BO3Si/c1-28-24-26-32(30(3)42(28)34-16-14-19-37-44(34)48-39-21-11-10-18-36(39)46(37,5)6)33-27-25-29(2)43(31(33)4)35-17-15-20-38-45(35)50-51(8,9)41-23-13-12-22-40(41)49-47(38)7/h10-27H,1-9H3/i1D3,2D3,3D3,4D3,5D3,6D3. The number of aryl methyl sites for hydroxylation is 2. The van der Waals surface area contributed by atoms with Gasteiger partial charge in [0.2, 0.25) is 0 Å². The van der Waals surface area contributed by atoms with E-state index in [0.717, 1.165) is 17.3 Å². The van der Waals surface area contributed by atoms with E-state index in [4.69, 9.17) is 38.5 Å². The largest absolute Gasteiger partial charge is 0.556 e. The highest BCUT2D eigenvalue weighted by Gasteiger charge is 2.38. The minimum atomic E-state index is -3.30. The molecule has 6 aromatic rings. The third kappa shape index (κ3) is 5.24. The SMILES string of the molecule is [2H]C([2H])([2H])c1ccc(-c2ccc(C([2H])([2H])[2H])c(-c3cccc4c3Oc3ccccc3C4(C([2H])([2H])[2H])C([2H])([2H])[2H])c2C([2H])([2H])[2H])c(C([2H])([2H])[2H])c1-c1cccc2c1O[Si](C)(C)c1ccccc1OB2C. The topological polar surface area (TPSA) is 27.7 Å². The third-order valence-electron chi connectivity index (χ3n) is 9.84. The molecule has 0 saturated carbocycles. The Morgan fingerprint density at radius 2 is 1.20 bits per heavy atom. The molecule has 8 rings (SSSR count). The molecule has 0 N–H and O–H groups in total. The predicted octanol–water partition coefficient (Wildman–Crippen LogP) is 11.1. The second-order valence-corrected chi connectivity index (χ2v) is 17.2. The molecule has 0 aromatic heterocycles. The van der Waals surface area contributed by atoms with Gasteiger partial charge in [0.25, 0.3) is 8.32 Å². The summed E-state index contributed by atoms with van der Waals surface area (Å²) in [5, 5.41) is 0.785.